The lowest BCUT2D eigenvalue weighted by molar-refractivity contribution is -0.118. The van der Waals surface area contributed by atoms with E-state index in [-0.39, 0.29) is 23.6 Å². The van der Waals surface area contributed by atoms with Crippen molar-refractivity contribution in [2.75, 3.05) is 0 Å². The predicted octanol–water partition coefficient (Wildman–Crippen LogP) is 4.93. The summed E-state index contributed by atoms with van der Waals surface area (Å²) in [6.07, 6.45) is 3.77. The molecule has 0 saturated carbocycles. The summed E-state index contributed by atoms with van der Waals surface area (Å²) in [5.74, 6) is -0.244. The number of amides is 2. The summed E-state index contributed by atoms with van der Waals surface area (Å²) in [4.78, 5) is 25.9. The van der Waals surface area contributed by atoms with E-state index in [4.69, 9.17) is 4.42 Å². The molecule has 0 aliphatic heterocycles. The van der Waals surface area contributed by atoms with Crippen molar-refractivity contribution in [2.45, 2.75) is 33.2 Å². The van der Waals surface area contributed by atoms with Crippen molar-refractivity contribution in [3.8, 4) is 0 Å². The number of hydrogen-bond donors (Lipinski definition) is 2. The second-order valence-electron chi connectivity index (χ2n) is 7.19. The zero-order valence-corrected chi connectivity index (χ0v) is 17.4. The van der Waals surface area contributed by atoms with Gasteiger partial charge in [0.2, 0.25) is 0 Å². The summed E-state index contributed by atoms with van der Waals surface area (Å²) in [7, 11) is 0. The van der Waals surface area contributed by atoms with E-state index in [0.717, 1.165) is 23.1 Å². The molecule has 0 fully saturated rings. The molecule has 1 atom stereocenters. The Labute approximate surface area is 176 Å². The van der Waals surface area contributed by atoms with E-state index >= 15 is 0 Å². The molecule has 0 spiro atoms. The summed E-state index contributed by atoms with van der Waals surface area (Å²) < 4.78 is 5.35. The molecule has 3 aromatic rings. The molecular formula is C25H26N2O3. The fourth-order valence-corrected chi connectivity index (χ4v) is 3.27. The van der Waals surface area contributed by atoms with Gasteiger partial charge in [-0.05, 0) is 55.7 Å². The lowest BCUT2D eigenvalue weighted by Gasteiger charge is -2.20. The maximum atomic E-state index is 13.1. The fraction of sp³-hybridized carbons (Fsp3) is 0.200. The Hall–Kier alpha value is -3.60. The minimum absolute atomic E-state index is 0.128. The summed E-state index contributed by atoms with van der Waals surface area (Å²) in [6, 6.07) is 18.4. The number of aryl methyl sites for hydroxylation is 2. The molecular weight excluding hydrogens is 376 g/mol. The van der Waals surface area contributed by atoms with E-state index in [2.05, 4.69) is 10.6 Å². The van der Waals surface area contributed by atoms with Crippen molar-refractivity contribution in [2.24, 2.45) is 0 Å². The van der Waals surface area contributed by atoms with E-state index in [1.807, 2.05) is 57.2 Å². The molecule has 1 heterocycles. The second kappa shape index (κ2) is 9.74. The number of hydrogen-bond acceptors (Lipinski definition) is 3. The van der Waals surface area contributed by atoms with E-state index in [1.165, 1.54) is 12.3 Å². The van der Waals surface area contributed by atoms with Crippen LogP contribution < -0.4 is 10.6 Å². The SMILES string of the molecule is CC[C@H](NC(=O)/C(=C/c1ccco1)NC(=O)c1cccc(C)c1)c1ccccc1C. The normalized spacial score (nSPS) is 12.3. The fourth-order valence-electron chi connectivity index (χ4n) is 3.27. The highest BCUT2D eigenvalue weighted by atomic mass is 16.3. The van der Waals surface area contributed by atoms with Crippen LogP contribution >= 0.6 is 0 Å². The van der Waals surface area contributed by atoms with Gasteiger partial charge in [0.1, 0.15) is 11.5 Å². The van der Waals surface area contributed by atoms with Crippen LogP contribution in [0.3, 0.4) is 0 Å². The largest absolute Gasteiger partial charge is 0.465 e. The van der Waals surface area contributed by atoms with Gasteiger partial charge < -0.3 is 15.1 Å². The summed E-state index contributed by atoms with van der Waals surface area (Å²) in [6.45, 7) is 5.94. The number of nitrogens with one attached hydrogen (secondary N) is 2. The molecule has 0 saturated heterocycles. The van der Waals surface area contributed by atoms with E-state index in [1.54, 1.807) is 24.3 Å². The van der Waals surface area contributed by atoms with Crippen LogP contribution in [0, 0.1) is 13.8 Å². The van der Waals surface area contributed by atoms with Crippen LogP contribution in [0.25, 0.3) is 6.08 Å². The summed E-state index contributed by atoms with van der Waals surface area (Å²) in [5, 5.41) is 5.79. The molecule has 5 nitrogen and oxygen atoms in total. The maximum Gasteiger partial charge on any atom is 0.268 e. The highest BCUT2D eigenvalue weighted by Crippen LogP contribution is 2.21. The Morgan fingerprint density at radius 2 is 1.83 bits per heavy atom. The van der Waals surface area contributed by atoms with E-state index in [0.29, 0.717) is 11.3 Å². The van der Waals surface area contributed by atoms with Gasteiger partial charge in [0, 0.05) is 11.6 Å². The smallest absolute Gasteiger partial charge is 0.268 e. The maximum absolute atomic E-state index is 13.1. The van der Waals surface area contributed by atoms with Gasteiger partial charge in [0.05, 0.1) is 12.3 Å². The average Bonchev–Trinajstić information content (AvgIpc) is 3.25. The first-order chi connectivity index (χ1) is 14.5. The van der Waals surface area contributed by atoms with Crippen molar-refractivity contribution >= 4 is 17.9 Å². The molecule has 3 rings (SSSR count). The first-order valence-electron chi connectivity index (χ1n) is 9.97. The van der Waals surface area contributed by atoms with E-state index in [9.17, 15) is 9.59 Å². The van der Waals surface area contributed by atoms with Gasteiger partial charge in [-0.15, -0.1) is 0 Å². The standard InChI is InChI=1S/C25H26N2O3/c1-4-22(21-13-6-5-10-18(21)3)26-25(29)23(16-20-12-8-14-30-20)27-24(28)19-11-7-9-17(2)15-19/h5-16,22H,4H2,1-3H3,(H,26,29)(H,27,28)/b23-16-/t22-/m0/s1. The highest BCUT2D eigenvalue weighted by Gasteiger charge is 2.20. The number of benzene rings is 2. The summed E-state index contributed by atoms with van der Waals surface area (Å²) >= 11 is 0. The molecule has 2 N–H and O–H groups in total. The van der Waals surface area contributed by atoms with Gasteiger partial charge in [-0.2, -0.15) is 0 Å². The van der Waals surface area contributed by atoms with Gasteiger partial charge in [0.25, 0.3) is 11.8 Å². The minimum Gasteiger partial charge on any atom is -0.465 e. The Morgan fingerprint density at radius 3 is 2.50 bits per heavy atom. The van der Waals surface area contributed by atoms with Crippen LogP contribution in [-0.2, 0) is 4.79 Å². The van der Waals surface area contributed by atoms with E-state index < -0.39 is 0 Å². The Morgan fingerprint density at radius 1 is 1.03 bits per heavy atom. The van der Waals surface area contributed by atoms with Gasteiger partial charge in [-0.1, -0.05) is 48.9 Å². The van der Waals surface area contributed by atoms with Gasteiger partial charge in [0.15, 0.2) is 0 Å². The Balaban J connectivity index is 1.85. The zero-order valence-electron chi connectivity index (χ0n) is 17.4. The highest BCUT2D eigenvalue weighted by molar-refractivity contribution is 6.05. The van der Waals surface area contributed by atoms with Gasteiger partial charge in [-0.3, -0.25) is 9.59 Å². The number of carbonyl (C=O) groups excluding carboxylic acids is 2. The summed E-state index contributed by atoms with van der Waals surface area (Å²) in [5.41, 5.74) is 3.73. The second-order valence-corrected chi connectivity index (χ2v) is 7.19. The zero-order chi connectivity index (χ0) is 21.5. The third-order valence-corrected chi connectivity index (χ3v) is 4.88. The Kier molecular flexibility index (Phi) is 6.86. The van der Waals surface area contributed by atoms with Gasteiger partial charge >= 0.3 is 0 Å². The van der Waals surface area contributed by atoms with Crippen molar-refractivity contribution in [3.05, 3.63) is 101 Å². The van der Waals surface area contributed by atoms with Crippen molar-refractivity contribution < 1.29 is 14.0 Å². The van der Waals surface area contributed by atoms with Crippen LogP contribution in [0.4, 0.5) is 0 Å². The molecule has 0 radical (unpaired) electrons. The van der Waals surface area contributed by atoms with Crippen molar-refractivity contribution in [1.82, 2.24) is 10.6 Å². The van der Waals surface area contributed by atoms with Crippen LogP contribution in [0.5, 0.6) is 0 Å². The number of carbonyl (C=O) groups is 2. The number of rotatable bonds is 7. The van der Waals surface area contributed by atoms with Gasteiger partial charge in [-0.25, -0.2) is 0 Å². The quantitative estimate of drug-likeness (QED) is 0.550. The molecule has 0 bridgehead atoms. The van der Waals surface area contributed by atoms with Crippen LogP contribution in [-0.4, -0.2) is 11.8 Å². The first kappa shape index (κ1) is 21.1. The molecule has 2 aromatic carbocycles. The Bertz CT molecular complexity index is 1050. The molecule has 5 heteroatoms. The molecule has 0 unspecified atom stereocenters. The van der Waals surface area contributed by atoms with Crippen molar-refractivity contribution in [3.63, 3.8) is 0 Å². The third kappa shape index (κ3) is 5.26. The molecule has 154 valence electrons. The lowest BCUT2D eigenvalue weighted by atomic mass is 9.99. The predicted molar refractivity (Wildman–Crippen MR) is 118 cm³/mol. The first-order valence-corrected chi connectivity index (χ1v) is 9.97. The topological polar surface area (TPSA) is 71.3 Å². The molecule has 0 aliphatic carbocycles. The lowest BCUT2D eigenvalue weighted by Crippen LogP contribution is -2.37. The minimum atomic E-state index is -0.373. The van der Waals surface area contributed by atoms with Crippen molar-refractivity contribution in [1.29, 1.82) is 0 Å². The molecule has 0 aliphatic rings. The van der Waals surface area contributed by atoms with Crippen LogP contribution in [0.15, 0.2) is 77.0 Å². The number of furan rings is 1. The average molecular weight is 402 g/mol. The van der Waals surface area contributed by atoms with Crippen LogP contribution in [0.2, 0.25) is 0 Å². The monoisotopic (exact) mass is 402 g/mol. The molecule has 2 amide bonds. The molecule has 1 aromatic heterocycles. The molecule has 30 heavy (non-hydrogen) atoms. The third-order valence-electron chi connectivity index (χ3n) is 4.88. The van der Waals surface area contributed by atoms with Crippen LogP contribution in [0.1, 0.15) is 52.2 Å².